The molecule has 20 heavy (non-hydrogen) atoms. The summed E-state index contributed by atoms with van der Waals surface area (Å²) >= 11 is 0. The van der Waals surface area contributed by atoms with Gasteiger partial charge in [0.05, 0.1) is 13.0 Å². The number of carbonyl (C=O) groups excluding carboxylic acids is 1. The molecular formula is C13H14N4O3. The lowest BCUT2D eigenvalue weighted by atomic mass is 10.1. The molecule has 104 valence electrons. The molecule has 2 aromatic rings. The molecule has 1 amide bonds. The standard InChI is InChI=1S/C13H14N4O3/c1-19-10-4-2-9(3-5-10)17-7-8(6-11(17)18)12-15-16-13(14)20-12/h2-5,8H,6-7H2,1H3,(H2,14,16)/t8-/m0/s1. The van der Waals surface area contributed by atoms with Crippen molar-refractivity contribution < 1.29 is 13.9 Å². The summed E-state index contributed by atoms with van der Waals surface area (Å²) in [7, 11) is 1.60. The van der Waals surface area contributed by atoms with Crippen molar-refractivity contribution in [2.24, 2.45) is 0 Å². The largest absolute Gasteiger partial charge is 0.497 e. The van der Waals surface area contributed by atoms with Crippen molar-refractivity contribution in [1.82, 2.24) is 10.2 Å². The van der Waals surface area contributed by atoms with Gasteiger partial charge in [0, 0.05) is 18.7 Å². The van der Waals surface area contributed by atoms with Crippen LogP contribution < -0.4 is 15.4 Å². The van der Waals surface area contributed by atoms with Crippen LogP contribution in [0, 0.1) is 0 Å². The van der Waals surface area contributed by atoms with Gasteiger partial charge in [-0.15, -0.1) is 5.10 Å². The number of carbonyl (C=O) groups is 1. The SMILES string of the molecule is COc1ccc(N2C[C@@H](c3nnc(N)o3)CC2=O)cc1. The normalized spacial score (nSPS) is 18.6. The molecule has 0 unspecified atom stereocenters. The summed E-state index contributed by atoms with van der Waals surface area (Å²) < 4.78 is 10.3. The molecule has 1 fully saturated rings. The van der Waals surface area contributed by atoms with Crippen LogP contribution in [-0.2, 0) is 4.79 Å². The van der Waals surface area contributed by atoms with Crippen molar-refractivity contribution in [3.63, 3.8) is 0 Å². The quantitative estimate of drug-likeness (QED) is 0.903. The molecule has 0 radical (unpaired) electrons. The molecule has 0 saturated carbocycles. The first kappa shape index (κ1) is 12.5. The van der Waals surface area contributed by atoms with Crippen molar-refractivity contribution in [2.45, 2.75) is 12.3 Å². The van der Waals surface area contributed by atoms with Crippen LogP contribution in [-0.4, -0.2) is 29.8 Å². The van der Waals surface area contributed by atoms with E-state index in [1.807, 2.05) is 24.3 Å². The van der Waals surface area contributed by atoms with Crippen molar-refractivity contribution in [3.05, 3.63) is 30.2 Å². The fraction of sp³-hybridized carbons (Fsp3) is 0.308. The molecule has 1 aromatic heterocycles. The lowest BCUT2D eigenvalue weighted by molar-refractivity contribution is -0.117. The summed E-state index contributed by atoms with van der Waals surface area (Å²) in [5.41, 5.74) is 6.23. The van der Waals surface area contributed by atoms with Crippen molar-refractivity contribution >= 4 is 17.6 Å². The Morgan fingerprint density at radius 3 is 2.70 bits per heavy atom. The second-order valence-electron chi connectivity index (χ2n) is 4.58. The molecule has 3 rings (SSSR count). The van der Waals surface area contributed by atoms with Gasteiger partial charge in [0.25, 0.3) is 0 Å². The van der Waals surface area contributed by atoms with Crippen molar-refractivity contribution in [3.8, 4) is 5.75 Å². The first-order valence-corrected chi connectivity index (χ1v) is 6.20. The predicted molar refractivity (Wildman–Crippen MR) is 71.4 cm³/mol. The van der Waals surface area contributed by atoms with Gasteiger partial charge in [-0.3, -0.25) is 4.79 Å². The third kappa shape index (κ3) is 2.18. The highest BCUT2D eigenvalue weighted by Gasteiger charge is 2.34. The van der Waals surface area contributed by atoms with Crippen LogP contribution in [0.1, 0.15) is 18.2 Å². The molecule has 2 heterocycles. The number of nitrogen functional groups attached to an aromatic ring is 1. The fourth-order valence-corrected chi connectivity index (χ4v) is 2.30. The third-order valence-electron chi connectivity index (χ3n) is 3.31. The summed E-state index contributed by atoms with van der Waals surface area (Å²) in [6, 6.07) is 7.36. The maximum Gasteiger partial charge on any atom is 0.312 e. The Kier molecular flexibility index (Phi) is 3.02. The fourth-order valence-electron chi connectivity index (χ4n) is 2.30. The van der Waals surface area contributed by atoms with E-state index in [-0.39, 0.29) is 17.8 Å². The number of benzene rings is 1. The highest BCUT2D eigenvalue weighted by Crippen LogP contribution is 2.32. The summed E-state index contributed by atoms with van der Waals surface area (Å²) in [6.07, 6.45) is 0.341. The van der Waals surface area contributed by atoms with Crippen molar-refractivity contribution in [2.75, 3.05) is 24.3 Å². The number of nitrogens with zero attached hydrogens (tertiary/aromatic N) is 3. The zero-order chi connectivity index (χ0) is 14.1. The predicted octanol–water partition coefficient (Wildman–Crippen LogP) is 1.18. The Balaban J connectivity index is 1.79. The van der Waals surface area contributed by atoms with E-state index < -0.39 is 0 Å². The Morgan fingerprint density at radius 1 is 1.35 bits per heavy atom. The van der Waals surface area contributed by atoms with Gasteiger partial charge in [0.2, 0.25) is 11.8 Å². The van der Waals surface area contributed by atoms with Crippen LogP contribution >= 0.6 is 0 Å². The van der Waals surface area contributed by atoms with E-state index in [9.17, 15) is 4.79 Å². The Bertz CT molecular complexity index is 623. The molecule has 0 spiro atoms. The third-order valence-corrected chi connectivity index (χ3v) is 3.31. The molecule has 0 aliphatic carbocycles. The van der Waals surface area contributed by atoms with Gasteiger partial charge in [-0.25, -0.2) is 0 Å². The Labute approximate surface area is 115 Å². The number of hydrogen-bond acceptors (Lipinski definition) is 6. The molecular weight excluding hydrogens is 260 g/mol. The van der Waals surface area contributed by atoms with Gasteiger partial charge in [0.1, 0.15) is 5.75 Å². The summed E-state index contributed by atoms with van der Waals surface area (Å²) in [6.45, 7) is 0.507. The minimum absolute atomic E-state index is 0.0235. The average molecular weight is 274 g/mol. The zero-order valence-corrected chi connectivity index (χ0v) is 10.9. The Hall–Kier alpha value is -2.57. The maximum atomic E-state index is 12.1. The number of methoxy groups -OCH3 is 1. The van der Waals surface area contributed by atoms with Gasteiger partial charge < -0.3 is 19.8 Å². The zero-order valence-electron chi connectivity index (χ0n) is 10.9. The molecule has 1 saturated heterocycles. The minimum atomic E-state index is -0.116. The van der Waals surface area contributed by atoms with Crippen LogP contribution in [0.3, 0.4) is 0 Å². The first-order valence-electron chi connectivity index (χ1n) is 6.20. The number of amides is 1. The van der Waals surface area contributed by atoms with Gasteiger partial charge in [-0.2, -0.15) is 0 Å². The topological polar surface area (TPSA) is 94.5 Å². The van der Waals surface area contributed by atoms with E-state index in [0.29, 0.717) is 18.9 Å². The number of hydrogen-bond donors (Lipinski definition) is 1. The molecule has 1 aliphatic heterocycles. The second kappa shape index (κ2) is 4.84. The molecule has 7 heteroatoms. The average Bonchev–Trinajstić information content (AvgIpc) is 3.05. The number of nitrogens with two attached hydrogens (primary N) is 1. The van der Waals surface area contributed by atoms with E-state index in [1.54, 1.807) is 12.0 Å². The number of rotatable bonds is 3. The van der Waals surface area contributed by atoms with Gasteiger partial charge in [-0.1, -0.05) is 5.10 Å². The molecule has 7 nitrogen and oxygen atoms in total. The Morgan fingerprint density at radius 2 is 2.10 bits per heavy atom. The second-order valence-corrected chi connectivity index (χ2v) is 4.58. The van der Waals surface area contributed by atoms with Crippen LogP contribution in [0.25, 0.3) is 0 Å². The molecule has 2 N–H and O–H groups in total. The lowest BCUT2D eigenvalue weighted by Gasteiger charge is -2.16. The number of aromatic nitrogens is 2. The monoisotopic (exact) mass is 274 g/mol. The van der Waals surface area contributed by atoms with E-state index in [0.717, 1.165) is 11.4 Å². The summed E-state index contributed by atoms with van der Waals surface area (Å²) in [4.78, 5) is 13.8. The van der Waals surface area contributed by atoms with Crippen LogP contribution in [0.4, 0.5) is 11.7 Å². The van der Waals surface area contributed by atoms with E-state index in [1.165, 1.54) is 0 Å². The van der Waals surface area contributed by atoms with E-state index in [2.05, 4.69) is 10.2 Å². The molecule has 1 aromatic carbocycles. The summed E-state index contributed by atoms with van der Waals surface area (Å²) in [5, 5.41) is 7.47. The molecule has 0 bridgehead atoms. The lowest BCUT2D eigenvalue weighted by Crippen LogP contribution is -2.24. The molecule has 1 atom stereocenters. The highest BCUT2D eigenvalue weighted by molar-refractivity contribution is 5.96. The smallest absolute Gasteiger partial charge is 0.312 e. The molecule has 1 aliphatic rings. The van der Waals surface area contributed by atoms with Crippen molar-refractivity contribution in [1.29, 1.82) is 0 Å². The summed E-state index contributed by atoms with van der Waals surface area (Å²) in [5.74, 6) is 1.07. The number of anilines is 2. The maximum absolute atomic E-state index is 12.1. The number of ether oxygens (including phenoxy) is 1. The van der Waals surface area contributed by atoms with Gasteiger partial charge in [0.15, 0.2) is 0 Å². The van der Waals surface area contributed by atoms with Gasteiger partial charge in [-0.05, 0) is 24.3 Å². The highest BCUT2D eigenvalue weighted by atomic mass is 16.5. The van der Waals surface area contributed by atoms with Gasteiger partial charge >= 0.3 is 6.01 Å². The van der Waals surface area contributed by atoms with E-state index in [4.69, 9.17) is 14.9 Å². The van der Waals surface area contributed by atoms with E-state index >= 15 is 0 Å². The van der Waals surface area contributed by atoms with Crippen LogP contribution in [0.15, 0.2) is 28.7 Å². The first-order chi connectivity index (χ1) is 9.67. The van der Waals surface area contributed by atoms with Crippen LogP contribution in [0.2, 0.25) is 0 Å². The minimum Gasteiger partial charge on any atom is -0.497 e. The van der Waals surface area contributed by atoms with Crippen LogP contribution in [0.5, 0.6) is 5.75 Å².